The Bertz CT molecular complexity index is 749. The van der Waals surface area contributed by atoms with Gasteiger partial charge in [-0.15, -0.1) is 11.6 Å². The van der Waals surface area contributed by atoms with Gasteiger partial charge in [0.25, 0.3) is 0 Å². The van der Waals surface area contributed by atoms with Crippen LogP contribution in [-0.4, -0.2) is 9.55 Å². The second kappa shape index (κ2) is 4.99. The predicted octanol–water partition coefficient (Wildman–Crippen LogP) is 4.84. The first-order chi connectivity index (χ1) is 9.22. The lowest BCUT2D eigenvalue weighted by Crippen LogP contribution is -2.01. The lowest BCUT2D eigenvalue weighted by molar-refractivity contribution is 0.974. The summed E-state index contributed by atoms with van der Waals surface area (Å²) in [6.07, 6.45) is 0. The molecular formula is C15H12BrClN2. The number of nitrogens with zero attached hydrogens (tertiary/aromatic N) is 2. The molecule has 0 radical (unpaired) electrons. The molecule has 0 N–H and O–H groups in total. The number of halogens is 2. The van der Waals surface area contributed by atoms with E-state index in [0.29, 0.717) is 5.88 Å². The standard InChI is InChI=1S/C15H12BrClN2/c1-10-5-4-7-12-15(10)19(14(9-17)18-12)13-8-3-2-6-11(13)16/h2-8H,9H2,1H3. The van der Waals surface area contributed by atoms with Crippen molar-refractivity contribution < 1.29 is 0 Å². The molecule has 0 bridgehead atoms. The maximum absolute atomic E-state index is 6.06. The zero-order valence-electron chi connectivity index (χ0n) is 10.4. The van der Waals surface area contributed by atoms with Gasteiger partial charge in [-0.2, -0.15) is 0 Å². The van der Waals surface area contributed by atoms with E-state index in [1.165, 1.54) is 5.56 Å². The van der Waals surface area contributed by atoms with Crippen LogP contribution >= 0.6 is 27.5 Å². The van der Waals surface area contributed by atoms with Gasteiger partial charge >= 0.3 is 0 Å². The molecule has 3 aromatic rings. The molecule has 2 aromatic carbocycles. The molecule has 0 atom stereocenters. The van der Waals surface area contributed by atoms with Crippen LogP contribution in [-0.2, 0) is 5.88 Å². The van der Waals surface area contributed by atoms with Crippen molar-refractivity contribution in [2.75, 3.05) is 0 Å². The molecule has 3 rings (SSSR count). The van der Waals surface area contributed by atoms with Crippen molar-refractivity contribution >= 4 is 38.6 Å². The summed E-state index contributed by atoms with van der Waals surface area (Å²) < 4.78 is 3.16. The largest absolute Gasteiger partial charge is 0.294 e. The highest BCUT2D eigenvalue weighted by molar-refractivity contribution is 9.10. The fraction of sp³-hybridized carbons (Fsp3) is 0.133. The molecule has 19 heavy (non-hydrogen) atoms. The molecule has 0 saturated heterocycles. The highest BCUT2D eigenvalue weighted by atomic mass is 79.9. The van der Waals surface area contributed by atoms with Crippen molar-refractivity contribution in [2.24, 2.45) is 0 Å². The van der Waals surface area contributed by atoms with Crippen LogP contribution in [0.2, 0.25) is 0 Å². The summed E-state index contributed by atoms with van der Waals surface area (Å²) in [4.78, 5) is 4.62. The average Bonchev–Trinajstić information content (AvgIpc) is 2.79. The Kier molecular flexibility index (Phi) is 3.33. The number of rotatable bonds is 2. The third kappa shape index (κ3) is 2.07. The Morgan fingerprint density at radius 3 is 2.68 bits per heavy atom. The van der Waals surface area contributed by atoms with Gasteiger partial charge in [0.2, 0.25) is 0 Å². The number of fused-ring (bicyclic) bond motifs is 1. The Morgan fingerprint density at radius 1 is 1.16 bits per heavy atom. The molecule has 0 spiro atoms. The Morgan fingerprint density at radius 2 is 1.95 bits per heavy atom. The number of alkyl halides is 1. The van der Waals surface area contributed by atoms with Gasteiger partial charge in [-0.05, 0) is 46.6 Å². The average molecular weight is 336 g/mol. The number of hydrogen-bond acceptors (Lipinski definition) is 1. The molecule has 2 nitrogen and oxygen atoms in total. The van der Waals surface area contributed by atoms with E-state index in [-0.39, 0.29) is 0 Å². The molecule has 0 saturated carbocycles. The SMILES string of the molecule is Cc1cccc2nc(CCl)n(-c3ccccc3Br)c12. The zero-order chi connectivity index (χ0) is 13.4. The van der Waals surface area contributed by atoms with Gasteiger partial charge in [0.05, 0.1) is 22.6 Å². The number of aromatic nitrogens is 2. The van der Waals surface area contributed by atoms with Crippen LogP contribution in [0.3, 0.4) is 0 Å². The summed E-state index contributed by atoms with van der Waals surface area (Å²) in [7, 11) is 0. The van der Waals surface area contributed by atoms with Gasteiger partial charge in [-0.3, -0.25) is 4.57 Å². The molecule has 0 fully saturated rings. The second-order valence-corrected chi connectivity index (χ2v) is 5.51. The quantitative estimate of drug-likeness (QED) is 0.613. The topological polar surface area (TPSA) is 17.8 Å². The first-order valence-corrected chi connectivity index (χ1v) is 7.33. The number of hydrogen-bond donors (Lipinski definition) is 0. The van der Waals surface area contributed by atoms with Crippen molar-refractivity contribution in [1.82, 2.24) is 9.55 Å². The van der Waals surface area contributed by atoms with E-state index in [0.717, 1.165) is 27.0 Å². The van der Waals surface area contributed by atoms with Crippen molar-refractivity contribution in [3.05, 3.63) is 58.3 Å². The fourth-order valence-electron chi connectivity index (χ4n) is 2.32. The summed E-state index contributed by atoms with van der Waals surface area (Å²) in [6.45, 7) is 2.09. The molecule has 0 aliphatic carbocycles. The molecule has 1 heterocycles. The van der Waals surface area contributed by atoms with Crippen LogP contribution in [0.5, 0.6) is 0 Å². The molecule has 0 unspecified atom stereocenters. The van der Waals surface area contributed by atoms with Crippen molar-refractivity contribution in [1.29, 1.82) is 0 Å². The molecule has 0 aliphatic rings. The summed E-state index contributed by atoms with van der Waals surface area (Å²) in [5, 5.41) is 0. The van der Waals surface area contributed by atoms with E-state index in [2.05, 4.69) is 44.5 Å². The van der Waals surface area contributed by atoms with Crippen LogP contribution in [0.15, 0.2) is 46.9 Å². The van der Waals surface area contributed by atoms with E-state index in [4.69, 9.17) is 11.6 Å². The fourth-order valence-corrected chi connectivity index (χ4v) is 2.97. The van der Waals surface area contributed by atoms with Crippen molar-refractivity contribution in [2.45, 2.75) is 12.8 Å². The van der Waals surface area contributed by atoms with Gasteiger partial charge in [-0.1, -0.05) is 24.3 Å². The maximum atomic E-state index is 6.06. The van der Waals surface area contributed by atoms with Gasteiger partial charge < -0.3 is 0 Å². The number of para-hydroxylation sites is 2. The highest BCUT2D eigenvalue weighted by Crippen LogP contribution is 2.29. The Hall–Kier alpha value is -1.32. The van der Waals surface area contributed by atoms with Crippen LogP contribution in [0.25, 0.3) is 16.7 Å². The second-order valence-electron chi connectivity index (χ2n) is 4.39. The van der Waals surface area contributed by atoms with Crippen LogP contribution in [0.4, 0.5) is 0 Å². The minimum absolute atomic E-state index is 0.384. The van der Waals surface area contributed by atoms with Crippen LogP contribution in [0.1, 0.15) is 11.4 Å². The van der Waals surface area contributed by atoms with E-state index >= 15 is 0 Å². The lowest BCUT2D eigenvalue weighted by atomic mass is 10.2. The number of imidazole rings is 1. The maximum Gasteiger partial charge on any atom is 0.129 e. The minimum atomic E-state index is 0.384. The third-order valence-corrected chi connectivity index (χ3v) is 4.07. The third-order valence-electron chi connectivity index (χ3n) is 3.16. The smallest absolute Gasteiger partial charge is 0.129 e. The van der Waals surface area contributed by atoms with E-state index < -0.39 is 0 Å². The van der Waals surface area contributed by atoms with Crippen molar-refractivity contribution in [3.8, 4) is 5.69 Å². The first kappa shape index (κ1) is 12.7. The Balaban J connectivity index is 2.42. The molecule has 96 valence electrons. The highest BCUT2D eigenvalue weighted by Gasteiger charge is 2.14. The molecule has 4 heteroatoms. The summed E-state index contributed by atoms with van der Waals surface area (Å²) >= 11 is 9.66. The minimum Gasteiger partial charge on any atom is -0.294 e. The van der Waals surface area contributed by atoms with E-state index in [9.17, 15) is 0 Å². The van der Waals surface area contributed by atoms with Gasteiger partial charge in [0.1, 0.15) is 5.82 Å². The van der Waals surface area contributed by atoms with Crippen molar-refractivity contribution in [3.63, 3.8) is 0 Å². The van der Waals surface area contributed by atoms with E-state index in [1.807, 2.05) is 30.3 Å². The van der Waals surface area contributed by atoms with Gasteiger partial charge in [0.15, 0.2) is 0 Å². The number of benzene rings is 2. The summed E-state index contributed by atoms with van der Waals surface area (Å²) in [5.41, 5.74) is 4.35. The van der Waals surface area contributed by atoms with Crippen LogP contribution < -0.4 is 0 Å². The molecular weight excluding hydrogens is 324 g/mol. The monoisotopic (exact) mass is 334 g/mol. The van der Waals surface area contributed by atoms with Crippen LogP contribution in [0, 0.1) is 6.92 Å². The molecule has 0 amide bonds. The summed E-state index contributed by atoms with van der Waals surface area (Å²) in [5.74, 6) is 1.24. The zero-order valence-corrected chi connectivity index (χ0v) is 12.7. The van der Waals surface area contributed by atoms with E-state index in [1.54, 1.807) is 0 Å². The lowest BCUT2D eigenvalue weighted by Gasteiger charge is -2.11. The molecule has 0 aliphatic heterocycles. The van der Waals surface area contributed by atoms with Gasteiger partial charge in [-0.25, -0.2) is 4.98 Å². The first-order valence-electron chi connectivity index (χ1n) is 6.00. The Labute approximate surface area is 125 Å². The molecule has 1 aromatic heterocycles. The number of aryl methyl sites for hydroxylation is 1. The van der Waals surface area contributed by atoms with Gasteiger partial charge in [0, 0.05) is 4.47 Å². The summed E-state index contributed by atoms with van der Waals surface area (Å²) in [6, 6.07) is 14.2. The normalized spacial score (nSPS) is 11.1. The predicted molar refractivity (Wildman–Crippen MR) is 83.1 cm³/mol.